The third-order valence-corrected chi connectivity index (χ3v) is 12.0. The van der Waals surface area contributed by atoms with Gasteiger partial charge >= 0.3 is 28.6 Å². The topological polar surface area (TPSA) is 168 Å². The summed E-state index contributed by atoms with van der Waals surface area (Å²) < 4.78 is 128. The molecule has 21 heteroatoms. The number of para-hydroxylation sites is 1. The standard InChI is InChI=1S/C38H46ClF6N3O10S/c1-7-20-16-36(20,33(52)47-59(53,54)58-21-11-12-21)17-27(49)26-13-22(56-28-15-29(55-19-37(40,41)42)46-31-23(28)9-8-10-25(31)39)18-48(26)32(51)24(34(2,3)4)14-30(50)57-35(5,6)38(43,44)45/h8-10,15,20-22,24,26H,7,11-14,16-19H2,1-6H3,(H,47,52)/t20-,22-,24-,26+,36-/m1/s1. The molecule has 5 atom stereocenters. The number of alkyl halides is 6. The van der Waals surface area contributed by atoms with Crippen molar-refractivity contribution in [3.05, 3.63) is 29.3 Å². The number of carbonyl (C=O) groups excluding carboxylic acids is 4. The summed E-state index contributed by atoms with van der Waals surface area (Å²) in [5.74, 6) is -6.16. The molecule has 5 rings (SSSR count). The van der Waals surface area contributed by atoms with Crippen LogP contribution < -0.4 is 14.2 Å². The zero-order valence-corrected chi connectivity index (χ0v) is 34.7. The van der Waals surface area contributed by atoms with Gasteiger partial charge in [-0.25, -0.2) is 9.71 Å². The van der Waals surface area contributed by atoms with E-state index in [4.69, 9.17) is 30.0 Å². The third-order valence-electron chi connectivity index (χ3n) is 10.8. The molecule has 2 aliphatic carbocycles. The Labute approximate surface area is 342 Å². The number of ether oxygens (including phenoxy) is 3. The SMILES string of the molecule is CC[C@@H]1C[C@]1(CC(=O)[C@@H]1C[C@@H](Oc2cc(OCC(F)(F)F)nc3c(Cl)cccc23)CN1C(=O)[C@@H](CC(=O)OC(C)(C)C(F)(F)F)C(C)(C)C)C(=O)NS(=O)(=O)OC1CC1. The first-order valence-corrected chi connectivity index (χ1v) is 20.7. The van der Waals surface area contributed by atoms with E-state index in [9.17, 15) is 53.9 Å². The van der Waals surface area contributed by atoms with Crippen LogP contribution in [0.3, 0.4) is 0 Å². The number of nitrogens with zero attached hydrogens (tertiary/aromatic N) is 2. The largest absolute Gasteiger partial charge is 0.488 e. The van der Waals surface area contributed by atoms with E-state index in [1.165, 1.54) is 18.2 Å². The molecule has 3 fully saturated rings. The number of halogens is 7. The normalized spacial score (nSPS) is 23.1. The molecule has 1 N–H and O–H groups in total. The first kappa shape index (κ1) is 46.2. The van der Waals surface area contributed by atoms with Gasteiger partial charge in [-0.15, -0.1) is 0 Å². The van der Waals surface area contributed by atoms with Crippen molar-refractivity contribution in [1.82, 2.24) is 14.6 Å². The number of hydrogen-bond donors (Lipinski definition) is 1. The summed E-state index contributed by atoms with van der Waals surface area (Å²) in [6.07, 6.45) is -11.4. The monoisotopic (exact) mass is 885 g/mol. The maximum atomic E-state index is 14.6. The molecule has 328 valence electrons. The van der Waals surface area contributed by atoms with Crippen LogP contribution in [0.2, 0.25) is 5.02 Å². The second kappa shape index (κ2) is 16.5. The molecule has 13 nitrogen and oxygen atoms in total. The fourth-order valence-corrected chi connectivity index (χ4v) is 8.36. The van der Waals surface area contributed by atoms with Crippen molar-refractivity contribution in [3.63, 3.8) is 0 Å². The predicted octanol–water partition coefficient (Wildman–Crippen LogP) is 7.03. The van der Waals surface area contributed by atoms with Crippen molar-refractivity contribution in [1.29, 1.82) is 0 Å². The molecule has 0 bridgehead atoms. The Hall–Kier alpha value is -3.91. The second-order valence-electron chi connectivity index (χ2n) is 16.9. The maximum Gasteiger partial charge on any atom is 0.427 e. The smallest absolute Gasteiger partial charge is 0.427 e. The lowest BCUT2D eigenvalue weighted by Gasteiger charge is -2.35. The second-order valence-corrected chi connectivity index (χ2v) is 18.6. The lowest BCUT2D eigenvalue weighted by Crippen LogP contribution is -2.49. The lowest BCUT2D eigenvalue weighted by atomic mass is 9.77. The Kier molecular flexibility index (Phi) is 12.9. The van der Waals surface area contributed by atoms with Gasteiger partial charge in [0.05, 0.1) is 47.0 Å². The van der Waals surface area contributed by atoms with Gasteiger partial charge in [0.1, 0.15) is 11.9 Å². The van der Waals surface area contributed by atoms with Crippen LogP contribution in [0.1, 0.15) is 86.5 Å². The van der Waals surface area contributed by atoms with E-state index in [2.05, 4.69) is 4.98 Å². The first-order chi connectivity index (χ1) is 27.1. The molecule has 1 aromatic heterocycles. The molecule has 0 unspecified atom stereocenters. The average Bonchev–Trinajstić information content (AvgIpc) is 4.00. The highest BCUT2D eigenvalue weighted by Crippen LogP contribution is 2.58. The van der Waals surface area contributed by atoms with Gasteiger partial charge in [0.25, 0.3) is 0 Å². The average molecular weight is 886 g/mol. The van der Waals surface area contributed by atoms with Crippen molar-refractivity contribution in [2.24, 2.45) is 22.7 Å². The number of esters is 1. The molecule has 0 spiro atoms. The molecular formula is C38H46ClF6N3O10S. The number of amides is 2. The van der Waals surface area contributed by atoms with Crippen LogP contribution in [-0.4, -0.2) is 91.2 Å². The highest BCUT2D eigenvalue weighted by molar-refractivity contribution is 7.85. The Bertz CT molecular complexity index is 2070. The van der Waals surface area contributed by atoms with Gasteiger partial charge in [-0.2, -0.15) is 34.8 Å². The van der Waals surface area contributed by atoms with E-state index >= 15 is 0 Å². The van der Waals surface area contributed by atoms with Crippen LogP contribution in [0, 0.1) is 22.7 Å². The number of ketones is 1. The van der Waals surface area contributed by atoms with Crippen molar-refractivity contribution in [3.8, 4) is 11.6 Å². The summed E-state index contributed by atoms with van der Waals surface area (Å²) in [5, 5.41) is 0.277. The number of rotatable bonds is 16. The molecule has 2 aromatic rings. The number of aromatic nitrogens is 1. The molecular weight excluding hydrogens is 840 g/mol. The number of Topliss-reactive ketones (excluding diaryl/α,β-unsaturated/α-hetero) is 1. The van der Waals surface area contributed by atoms with Gasteiger partial charge < -0.3 is 19.1 Å². The fourth-order valence-electron chi connectivity index (χ4n) is 7.12. The van der Waals surface area contributed by atoms with Gasteiger partial charge in [-0.1, -0.05) is 51.8 Å². The Morgan fingerprint density at radius 1 is 1.03 bits per heavy atom. The maximum absolute atomic E-state index is 14.6. The number of pyridine rings is 1. The highest BCUT2D eigenvalue weighted by atomic mass is 35.5. The molecule has 2 amide bonds. The van der Waals surface area contributed by atoms with Gasteiger partial charge in [0, 0.05) is 24.3 Å². The van der Waals surface area contributed by atoms with Crippen molar-refractivity contribution in [2.75, 3.05) is 13.2 Å². The van der Waals surface area contributed by atoms with Crippen LogP contribution in [-0.2, 0) is 38.4 Å². The number of benzene rings is 1. The van der Waals surface area contributed by atoms with Crippen LogP contribution in [0.4, 0.5) is 26.3 Å². The summed E-state index contributed by atoms with van der Waals surface area (Å²) in [7, 11) is -4.51. The van der Waals surface area contributed by atoms with Gasteiger partial charge in [-0.05, 0) is 56.6 Å². The van der Waals surface area contributed by atoms with Gasteiger partial charge in [0.15, 0.2) is 12.4 Å². The van der Waals surface area contributed by atoms with E-state index in [0.717, 1.165) is 11.0 Å². The van der Waals surface area contributed by atoms with Gasteiger partial charge in [-0.3, -0.25) is 23.4 Å². The summed E-state index contributed by atoms with van der Waals surface area (Å²) in [5.41, 5.74) is -5.47. The number of carbonyl (C=O) groups is 4. The Morgan fingerprint density at radius 3 is 2.25 bits per heavy atom. The molecule has 1 aromatic carbocycles. The molecule has 1 aliphatic heterocycles. The van der Waals surface area contributed by atoms with Crippen molar-refractivity contribution < 1.29 is 72.3 Å². The minimum absolute atomic E-state index is 0.0170. The highest BCUT2D eigenvalue weighted by Gasteiger charge is 2.62. The number of nitrogens with one attached hydrogen (secondary N) is 1. The van der Waals surface area contributed by atoms with Crippen LogP contribution in [0.5, 0.6) is 11.6 Å². The first-order valence-electron chi connectivity index (χ1n) is 18.9. The lowest BCUT2D eigenvalue weighted by molar-refractivity contribution is -0.257. The molecule has 59 heavy (non-hydrogen) atoms. The van der Waals surface area contributed by atoms with Gasteiger partial charge in [0.2, 0.25) is 23.3 Å². The number of hydrogen-bond acceptors (Lipinski definition) is 11. The van der Waals surface area contributed by atoms with E-state index in [1.54, 1.807) is 27.7 Å². The minimum atomic E-state index is -4.94. The molecule has 0 radical (unpaired) electrons. The number of fused-ring (bicyclic) bond motifs is 1. The van der Waals surface area contributed by atoms with Crippen LogP contribution >= 0.6 is 11.6 Å². The summed E-state index contributed by atoms with van der Waals surface area (Å²) >= 11 is 6.33. The summed E-state index contributed by atoms with van der Waals surface area (Å²) in [6, 6.07) is 4.19. The molecule has 1 saturated heterocycles. The third kappa shape index (κ3) is 11.1. The van der Waals surface area contributed by atoms with E-state index < -0.39 is 118 Å². The number of likely N-dealkylation sites (tertiary alicyclic amines) is 1. The minimum Gasteiger partial charge on any atom is -0.488 e. The quantitative estimate of drug-likeness (QED) is 0.136. The molecule has 2 heterocycles. The Balaban J connectivity index is 1.48. The fraction of sp³-hybridized carbons (Fsp3) is 0.658. The van der Waals surface area contributed by atoms with Crippen LogP contribution in [0.15, 0.2) is 24.3 Å². The zero-order valence-electron chi connectivity index (χ0n) is 33.1. The molecule has 3 aliphatic rings. The summed E-state index contributed by atoms with van der Waals surface area (Å²) in [4.78, 5) is 60.8. The van der Waals surface area contributed by atoms with E-state index in [0.29, 0.717) is 33.1 Å². The Morgan fingerprint density at radius 2 is 1.69 bits per heavy atom. The van der Waals surface area contributed by atoms with E-state index in [1.807, 2.05) is 4.72 Å². The molecule has 2 saturated carbocycles. The van der Waals surface area contributed by atoms with Crippen molar-refractivity contribution >= 4 is 56.4 Å². The predicted molar refractivity (Wildman–Crippen MR) is 198 cm³/mol. The van der Waals surface area contributed by atoms with Crippen molar-refractivity contribution in [2.45, 2.75) is 123 Å². The summed E-state index contributed by atoms with van der Waals surface area (Å²) in [6.45, 7) is 5.68. The van der Waals surface area contributed by atoms with E-state index in [-0.39, 0.29) is 41.1 Å². The zero-order chi connectivity index (χ0) is 44.1. The van der Waals surface area contributed by atoms with Crippen LogP contribution in [0.25, 0.3) is 10.9 Å².